The van der Waals surface area contributed by atoms with Crippen molar-refractivity contribution in [1.82, 2.24) is 5.32 Å². The van der Waals surface area contributed by atoms with Crippen LogP contribution in [0.5, 0.6) is 0 Å². The first-order valence-corrected chi connectivity index (χ1v) is 6.34. The first-order chi connectivity index (χ1) is 8.58. The van der Waals surface area contributed by atoms with E-state index in [4.69, 9.17) is 0 Å². The summed E-state index contributed by atoms with van der Waals surface area (Å²) in [4.78, 5) is 11.1. The Balaban J connectivity index is 2.50. The van der Waals surface area contributed by atoms with Gasteiger partial charge in [0.2, 0.25) is 5.91 Å². The number of rotatable bonds is 3. The van der Waals surface area contributed by atoms with Crippen molar-refractivity contribution < 1.29 is 4.79 Å². The molecule has 2 aromatic carbocycles. The summed E-state index contributed by atoms with van der Waals surface area (Å²) in [5, 5.41) is 5.34. The van der Waals surface area contributed by atoms with Gasteiger partial charge >= 0.3 is 0 Å². The third kappa shape index (κ3) is 2.70. The van der Waals surface area contributed by atoms with Gasteiger partial charge in [0, 0.05) is 13.5 Å². The van der Waals surface area contributed by atoms with E-state index in [1.807, 2.05) is 6.07 Å². The van der Waals surface area contributed by atoms with Gasteiger partial charge in [-0.15, -0.1) is 0 Å². The molecule has 0 aliphatic heterocycles. The number of carbonyl (C=O) groups is 1. The van der Waals surface area contributed by atoms with Crippen molar-refractivity contribution >= 4 is 16.7 Å². The summed E-state index contributed by atoms with van der Waals surface area (Å²) in [5.74, 6) is 0.500. The Bertz CT molecular complexity index is 572. The molecule has 0 unspecified atom stereocenters. The second-order valence-electron chi connectivity index (χ2n) is 4.97. The maximum Gasteiger partial charge on any atom is 0.217 e. The van der Waals surface area contributed by atoms with Crippen LogP contribution in [0.2, 0.25) is 0 Å². The van der Waals surface area contributed by atoms with Gasteiger partial charge in [0.15, 0.2) is 0 Å². The summed E-state index contributed by atoms with van der Waals surface area (Å²) in [5.41, 5.74) is 2.50. The van der Waals surface area contributed by atoms with Gasteiger partial charge in [-0.1, -0.05) is 50.2 Å². The van der Waals surface area contributed by atoms with E-state index in [2.05, 4.69) is 49.5 Å². The van der Waals surface area contributed by atoms with E-state index < -0.39 is 0 Å². The number of nitrogens with one attached hydrogen (secondary N) is 1. The molecule has 1 amide bonds. The maximum absolute atomic E-state index is 11.1. The lowest BCUT2D eigenvalue weighted by Crippen LogP contribution is -2.19. The Kier molecular flexibility index (Phi) is 3.66. The quantitative estimate of drug-likeness (QED) is 0.874. The summed E-state index contributed by atoms with van der Waals surface area (Å²) < 4.78 is 0. The molecule has 18 heavy (non-hydrogen) atoms. The topological polar surface area (TPSA) is 29.1 Å². The summed E-state index contributed by atoms with van der Waals surface area (Å²) in [6.45, 7) is 6.52. The highest BCUT2D eigenvalue weighted by molar-refractivity contribution is 5.87. The number of hydrogen-bond donors (Lipinski definition) is 1. The number of hydrogen-bond acceptors (Lipinski definition) is 1. The standard InChI is InChI=1S/C16H19NO/c1-11(2)14-8-13-6-4-5-7-16(13)15(9-14)10-17-12(3)18/h4-9,11H,10H2,1-3H3,(H,17,18). The third-order valence-electron chi connectivity index (χ3n) is 3.16. The molecule has 0 radical (unpaired) electrons. The van der Waals surface area contributed by atoms with E-state index in [-0.39, 0.29) is 5.91 Å². The molecule has 0 spiro atoms. The lowest BCUT2D eigenvalue weighted by molar-refractivity contribution is -0.119. The van der Waals surface area contributed by atoms with Crippen molar-refractivity contribution in [2.24, 2.45) is 0 Å². The highest BCUT2D eigenvalue weighted by Gasteiger charge is 2.06. The zero-order valence-corrected chi connectivity index (χ0v) is 11.2. The smallest absolute Gasteiger partial charge is 0.217 e. The van der Waals surface area contributed by atoms with Gasteiger partial charge < -0.3 is 5.32 Å². The van der Waals surface area contributed by atoms with Crippen molar-refractivity contribution in [3.05, 3.63) is 47.5 Å². The Hall–Kier alpha value is -1.83. The fourth-order valence-corrected chi connectivity index (χ4v) is 2.11. The lowest BCUT2D eigenvalue weighted by atomic mass is 9.95. The van der Waals surface area contributed by atoms with Crippen LogP contribution in [-0.4, -0.2) is 5.91 Å². The highest BCUT2D eigenvalue weighted by Crippen LogP contribution is 2.25. The lowest BCUT2D eigenvalue weighted by Gasteiger charge is -2.13. The fraction of sp³-hybridized carbons (Fsp3) is 0.312. The van der Waals surface area contributed by atoms with Crippen LogP contribution in [0, 0.1) is 0 Å². The van der Waals surface area contributed by atoms with Crippen molar-refractivity contribution in [2.45, 2.75) is 33.2 Å². The molecule has 2 heteroatoms. The molecule has 0 atom stereocenters. The second kappa shape index (κ2) is 5.21. The molecule has 0 aliphatic rings. The second-order valence-corrected chi connectivity index (χ2v) is 4.97. The molecule has 0 aliphatic carbocycles. The van der Waals surface area contributed by atoms with Gasteiger partial charge in [-0.3, -0.25) is 4.79 Å². The molecule has 0 fully saturated rings. The SMILES string of the molecule is CC(=O)NCc1cc(C(C)C)cc2ccccc12. The van der Waals surface area contributed by atoms with Crippen molar-refractivity contribution in [3.63, 3.8) is 0 Å². The molecular formula is C16H19NO. The van der Waals surface area contributed by atoms with E-state index in [1.165, 1.54) is 21.9 Å². The zero-order chi connectivity index (χ0) is 13.1. The molecule has 0 saturated heterocycles. The van der Waals surface area contributed by atoms with Crippen LogP contribution < -0.4 is 5.32 Å². The molecule has 1 N–H and O–H groups in total. The third-order valence-corrected chi connectivity index (χ3v) is 3.16. The zero-order valence-electron chi connectivity index (χ0n) is 11.2. The first kappa shape index (κ1) is 12.6. The maximum atomic E-state index is 11.1. The average Bonchev–Trinajstić information content (AvgIpc) is 2.35. The summed E-state index contributed by atoms with van der Waals surface area (Å²) in [7, 11) is 0. The summed E-state index contributed by atoms with van der Waals surface area (Å²) >= 11 is 0. The Morgan fingerprint density at radius 1 is 1.22 bits per heavy atom. The van der Waals surface area contributed by atoms with Crippen LogP contribution in [0.1, 0.15) is 37.8 Å². The largest absolute Gasteiger partial charge is 0.352 e. The predicted octanol–water partition coefficient (Wildman–Crippen LogP) is 3.60. The van der Waals surface area contributed by atoms with Crippen LogP contribution in [0.4, 0.5) is 0 Å². The molecule has 0 heterocycles. The van der Waals surface area contributed by atoms with Gasteiger partial charge in [0.25, 0.3) is 0 Å². The van der Waals surface area contributed by atoms with Gasteiger partial charge in [-0.05, 0) is 27.8 Å². The van der Waals surface area contributed by atoms with Crippen LogP contribution in [0.15, 0.2) is 36.4 Å². The highest BCUT2D eigenvalue weighted by atomic mass is 16.1. The van der Waals surface area contributed by atoms with Gasteiger partial charge in [-0.25, -0.2) is 0 Å². The number of amides is 1. The summed E-state index contributed by atoms with van der Waals surface area (Å²) in [6.07, 6.45) is 0. The minimum atomic E-state index is 0.00836. The van der Waals surface area contributed by atoms with Gasteiger partial charge in [0.1, 0.15) is 0 Å². The molecule has 0 bridgehead atoms. The first-order valence-electron chi connectivity index (χ1n) is 6.34. The fourth-order valence-electron chi connectivity index (χ4n) is 2.11. The molecule has 0 aromatic heterocycles. The van der Waals surface area contributed by atoms with Crippen LogP contribution in [0.3, 0.4) is 0 Å². The van der Waals surface area contributed by atoms with Gasteiger partial charge in [0.05, 0.1) is 0 Å². The normalized spacial score (nSPS) is 10.9. The average molecular weight is 241 g/mol. The van der Waals surface area contributed by atoms with E-state index in [0.717, 1.165) is 0 Å². The molecular weight excluding hydrogens is 222 g/mol. The predicted molar refractivity (Wildman–Crippen MR) is 75.6 cm³/mol. The van der Waals surface area contributed by atoms with E-state index >= 15 is 0 Å². The molecule has 0 saturated carbocycles. The summed E-state index contributed by atoms with van der Waals surface area (Å²) in [6, 6.07) is 12.7. The van der Waals surface area contributed by atoms with Crippen LogP contribution in [0.25, 0.3) is 10.8 Å². The number of benzene rings is 2. The van der Waals surface area contributed by atoms with E-state index in [9.17, 15) is 4.79 Å². The van der Waals surface area contributed by atoms with Crippen molar-refractivity contribution in [3.8, 4) is 0 Å². The Morgan fingerprint density at radius 2 is 1.94 bits per heavy atom. The van der Waals surface area contributed by atoms with E-state index in [1.54, 1.807) is 6.92 Å². The number of carbonyl (C=O) groups excluding carboxylic acids is 1. The Morgan fingerprint density at radius 3 is 2.61 bits per heavy atom. The minimum absolute atomic E-state index is 0.00836. The van der Waals surface area contributed by atoms with Crippen molar-refractivity contribution in [2.75, 3.05) is 0 Å². The molecule has 94 valence electrons. The molecule has 2 aromatic rings. The number of fused-ring (bicyclic) bond motifs is 1. The molecule has 2 nitrogen and oxygen atoms in total. The van der Waals surface area contributed by atoms with Crippen molar-refractivity contribution in [1.29, 1.82) is 0 Å². The van der Waals surface area contributed by atoms with Gasteiger partial charge in [-0.2, -0.15) is 0 Å². The van der Waals surface area contributed by atoms with Crippen LogP contribution >= 0.6 is 0 Å². The monoisotopic (exact) mass is 241 g/mol. The molecule has 2 rings (SSSR count). The minimum Gasteiger partial charge on any atom is -0.352 e. The Labute approximate surface area is 108 Å². The van der Waals surface area contributed by atoms with Crippen LogP contribution in [-0.2, 0) is 11.3 Å². The van der Waals surface area contributed by atoms with E-state index in [0.29, 0.717) is 12.5 Å².